The highest BCUT2D eigenvalue weighted by molar-refractivity contribution is 7.09. The maximum absolute atomic E-state index is 10.4. The molecule has 108 valence electrons. The predicted molar refractivity (Wildman–Crippen MR) is 81.5 cm³/mol. The van der Waals surface area contributed by atoms with Crippen molar-refractivity contribution < 1.29 is 5.11 Å². The highest BCUT2D eigenvalue weighted by atomic mass is 32.1. The Labute approximate surface area is 121 Å². The summed E-state index contributed by atoms with van der Waals surface area (Å²) in [6, 6.07) is 0. The van der Waals surface area contributed by atoms with Gasteiger partial charge in [-0.2, -0.15) is 0 Å². The van der Waals surface area contributed by atoms with Gasteiger partial charge in [0, 0.05) is 17.5 Å². The van der Waals surface area contributed by atoms with Crippen molar-refractivity contribution in [3.8, 4) is 0 Å². The summed E-state index contributed by atoms with van der Waals surface area (Å²) in [5.74, 6) is 1.42. The Morgan fingerprint density at radius 3 is 2.68 bits per heavy atom. The minimum atomic E-state index is -0.183. The summed E-state index contributed by atoms with van der Waals surface area (Å²) in [7, 11) is 0. The average Bonchev–Trinajstić information content (AvgIpc) is 2.82. The Hall–Kier alpha value is -0.410. The summed E-state index contributed by atoms with van der Waals surface area (Å²) in [4.78, 5) is 4.46. The van der Waals surface area contributed by atoms with Gasteiger partial charge in [-0.15, -0.1) is 11.3 Å². The zero-order valence-corrected chi connectivity index (χ0v) is 13.1. The van der Waals surface area contributed by atoms with Crippen LogP contribution in [0.1, 0.15) is 62.6 Å². The Kier molecular flexibility index (Phi) is 5.83. The molecule has 0 aliphatic heterocycles. The van der Waals surface area contributed by atoms with E-state index in [9.17, 15) is 5.11 Å². The molecule has 0 radical (unpaired) electrons. The molecule has 1 aromatic heterocycles. The number of aliphatic hydroxyl groups is 1. The fourth-order valence-electron chi connectivity index (χ4n) is 3.20. The van der Waals surface area contributed by atoms with Gasteiger partial charge in [0.1, 0.15) is 0 Å². The lowest BCUT2D eigenvalue weighted by Gasteiger charge is -2.31. The number of rotatable bonds is 6. The standard InChI is InChI=1S/C16H27NOS/c1-3-4-5-13-6-8-14(9-7-13)15(18)10-16-17-12(2)11-19-16/h11,13-15,18H,3-10H2,1-2H3. The van der Waals surface area contributed by atoms with Crippen molar-refractivity contribution in [3.63, 3.8) is 0 Å². The van der Waals surface area contributed by atoms with E-state index in [-0.39, 0.29) is 6.10 Å². The Balaban J connectivity index is 1.74. The second kappa shape index (κ2) is 7.39. The van der Waals surface area contributed by atoms with Crippen LogP contribution in [0.2, 0.25) is 0 Å². The molecule has 1 heterocycles. The number of nitrogens with zero attached hydrogens (tertiary/aromatic N) is 1. The van der Waals surface area contributed by atoms with Gasteiger partial charge in [-0.25, -0.2) is 4.98 Å². The number of hydrogen-bond acceptors (Lipinski definition) is 3. The summed E-state index contributed by atoms with van der Waals surface area (Å²) in [6.07, 6.45) is 9.70. The molecule has 0 saturated heterocycles. The van der Waals surface area contributed by atoms with Gasteiger partial charge in [-0.05, 0) is 31.6 Å². The molecule has 1 unspecified atom stereocenters. The maximum Gasteiger partial charge on any atom is 0.0954 e. The van der Waals surface area contributed by atoms with E-state index in [1.165, 1.54) is 44.9 Å². The molecular weight excluding hydrogens is 254 g/mol. The van der Waals surface area contributed by atoms with Crippen LogP contribution in [0, 0.1) is 18.8 Å². The zero-order chi connectivity index (χ0) is 13.7. The molecule has 1 saturated carbocycles. The summed E-state index contributed by atoms with van der Waals surface area (Å²) in [5, 5.41) is 13.5. The lowest BCUT2D eigenvalue weighted by atomic mass is 9.77. The molecule has 1 aromatic rings. The molecule has 3 heteroatoms. The molecular formula is C16H27NOS. The first-order valence-electron chi connectivity index (χ1n) is 7.78. The molecule has 1 N–H and O–H groups in total. The lowest BCUT2D eigenvalue weighted by Crippen LogP contribution is -2.27. The van der Waals surface area contributed by atoms with Gasteiger partial charge >= 0.3 is 0 Å². The largest absolute Gasteiger partial charge is 0.392 e. The third-order valence-corrected chi connectivity index (χ3v) is 5.44. The molecule has 19 heavy (non-hydrogen) atoms. The first-order chi connectivity index (χ1) is 9.19. The highest BCUT2D eigenvalue weighted by Crippen LogP contribution is 2.34. The van der Waals surface area contributed by atoms with Gasteiger partial charge in [-0.1, -0.05) is 39.0 Å². The van der Waals surface area contributed by atoms with E-state index in [1.54, 1.807) is 11.3 Å². The molecule has 0 bridgehead atoms. The van der Waals surface area contributed by atoms with E-state index in [2.05, 4.69) is 17.3 Å². The zero-order valence-electron chi connectivity index (χ0n) is 12.3. The molecule has 2 rings (SSSR count). The SMILES string of the molecule is CCCCC1CCC(C(O)Cc2nc(C)cs2)CC1. The van der Waals surface area contributed by atoms with Gasteiger partial charge in [0.2, 0.25) is 0 Å². The smallest absolute Gasteiger partial charge is 0.0954 e. The lowest BCUT2D eigenvalue weighted by molar-refractivity contribution is 0.0725. The topological polar surface area (TPSA) is 33.1 Å². The third kappa shape index (κ3) is 4.57. The summed E-state index contributed by atoms with van der Waals surface area (Å²) in [5.41, 5.74) is 1.08. The number of unbranched alkanes of at least 4 members (excludes halogenated alkanes) is 1. The minimum absolute atomic E-state index is 0.183. The Morgan fingerprint density at radius 1 is 1.37 bits per heavy atom. The number of aromatic nitrogens is 1. The van der Waals surface area contributed by atoms with Crippen LogP contribution >= 0.6 is 11.3 Å². The van der Waals surface area contributed by atoms with Gasteiger partial charge < -0.3 is 5.11 Å². The maximum atomic E-state index is 10.4. The van der Waals surface area contributed by atoms with Gasteiger partial charge in [-0.3, -0.25) is 0 Å². The van der Waals surface area contributed by atoms with Crippen LogP contribution in [-0.2, 0) is 6.42 Å². The van der Waals surface area contributed by atoms with Crippen LogP contribution < -0.4 is 0 Å². The van der Waals surface area contributed by atoms with Crippen LogP contribution in [0.3, 0.4) is 0 Å². The highest BCUT2D eigenvalue weighted by Gasteiger charge is 2.26. The fraction of sp³-hybridized carbons (Fsp3) is 0.812. The first-order valence-corrected chi connectivity index (χ1v) is 8.66. The van der Waals surface area contributed by atoms with Gasteiger partial charge in [0.15, 0.2) is 0 Å². The number of hydrogen-bond donors (Lipinski definition) is 1. The number of thiazole rings is 1. The fourth-order valence-corrected chi connectivity index (χ4v) is 4.02. The molecule has 1 aliphatic carbocycles. The van der Waals surface area contributed by atoms with Gasteiger partial charge in [0.05, 0.1) is 11.1 Å². The van der Waals surface area contributed by atoms with Crippen molar-refractivity contribution in [2.45, 2.75) is 71.3 Å². The van der Waals surface area contributed by atoms with Crippen molar-refractivity contribution in [2.24, 2.45) is 11.8 Å². The second-order valence-electron chi connectivity index (χ2n) is 6.08. The average molecular weight is 281 g/mol. The molecule has 0 spiro atoms. The van der Waals surface area contributed by atoms with Crippen molar-refractivity contribution in [3.05, 3.63) is 16.1 Å². The second-order valence-corrected chi connectivity index (χ2v) is 7.02. The van der Waals surface area contributed by atoms with Crippen LogP contribution in [0.25, 0.3) is 0 Å². The van der Waals surface area contributed by atoms with Gasteiger partial charge in [0.25, 0.3) is 0 Å². The summed E-state index contributed by atoms with van der Waals surface area (Å²) < 4.78 is 0. The third-order valence-electron chi connectivity index (χ3n) is 4.45. The van der Waals surface area contributed by atoms with E-state index in [1.807, 2.05) is 6.92 Å². The normalized spacial score (nSPS) is 25.4. The van der Waals surface area contributed by atoms with Crippen molar-refractivity contribution in [1.29, 1.82) is 0 Å². The summed E-state index contributed by atoms with van der Waals surface area (Å²) in [6.45, 7) is 4.29. The number of aryl methyl sites for hydroxylation is 1. The monoisotopic (exact) mass is 281 g/mol. The number of aliphatic hydroxyl groups excluding tert-OH is 1. The van der Waals surface area contributed by atoms with Crippen molar-refractivity contribution in [2.75, 3.05) is 0 Å². The van der Waals surface area contributed by atoms with E-state index >= 15 is 0 Å². The molecule has 0 amide bonds. The molecule has 0 aromatic carbocycles. The van der Waals surface area contributed by atoms with Crippen molar-refractivity contribution in [1.82, 2.24) is 4.98 Å². The van der Waals surface area contributed by atoms with Crippen molar-refractivity contribution >= 4 is 11.3 Å². The van der Waals surface area contributed by atoms with E-state index < -0.39 is 0 Å². The quantitative estimate of drug-likeness (QED) is 0.841. The van der Waals surface area contributed by atoms with Crippen LogP contribution in [0.5, 0.6) is 0 Å². The first kappa shape index (κ1) is 15.0. The Morgan fingerprint density at radius 2 is 2.11 bits per heavy atom. The molecule has 1 fully saturated rings. The molecule has 1 aliphatic rings. The molecule has 1 atom stereocenters. The van der Waals surface area contributed by atoms with E-state index in [0.29, 0.717) is 5.92 Å². The predicted octanol–water partition coefficient (Wildman–Crippen LogP) is 4.35. The van der Waals surface area contributed by atoms with Crippen LogP contribution in [0.4, 0.5) is 0 Å². The van der Waals surface area contributed by atoms with E-state index in [4.69, 9.17) is 0 Å². The molecule has 2 nitrogen and oxygen atoms in total. The summed E-state index contributed by atoms with van der Waals surface area (Å²) >= 11 is 1.68. The van der Waals surface area contributed by atoms with Crippen LogP contribution in [0.15, 0.2) is 5.38 Å². The van der Waals surface area contributed by atoms with Crippen LogP contribution in [-0.4, -0.2) is 16.2 Å². The minimum Gasteiger partial charge on any atom is -0.392 e. The van der Waals surface area contributed by atoms with E-state index in [0.717, 1.165) is 23.0 Å². The Bertz CT molecular complexity index is 369.